The van der Waals surface area contributed by atoms with Crippen LogP contribution in [-0.4, -0.2) is 93.1 Å². The molecular weight excluding hydrogens is 702 g/mol. The van der Waals surface area contributed by atoms with E-state index in [9.17, 15) is 29.1 Å². The first-order valence-corrected chi connectivity index (χ1v) is 19.6. The number of hydrogen-bond donors (Lipinski definition) is 4. The van der Waals surface area contributed by atoms with Gasteiger partial charge in [0, 0.05) is 37.1 Å². The number of rotatable bonds is 15. The number of nitrogens with zero attached hydrogens (tertiary/aromatic N) is 2. The molecule has 3 aliphatic rings. The number of ether oxygens (including phenoxy) is 2. The van der Waals surface area contributed by atoms with Crippen molar-refractivity contribution in [3.63, 3.8) is 0 Å². The summed E-state index contributed by atoms with van der Waals surface area (Å²) in [6, 6.07) is 0.540. The summed E-state index contributed by atoms with van der Waals surface area (Å²) in [4.78, 5) is 74.6. The maximum atomic E-state index is 14.8. The van der Waals surface area contributed by atoms with Crippen molar-refractivity contribution >= 4 is 41.2 Å². The largest absolute Gasteiger partial charge is 0.472 e. The Bertz CT molecular complexity index is 1430. The van der Waals surface area contributed by atoms with Gasteiger partial charge in [0.1, 0.15) is 17.7 Å². The predicted molar refractivity (Wildman–Crippen MR) is 200 cm³/mol. The van der Waals surface area contributed by atoms with Crippen molar-refractivity contribution < 1.29 is 38.6 Å². The highest BCUT2D eigenvalue weighted by molar-refractivity contribution is 6.30. The molecule has 6 atom stereocenters. The highest BCUT2D eigenvalue weighted by Gasteiger charge is 2.47. The number of Topliss-reactive ketones (excluding diaryl/α,β-unsaturated/α-hetero) is 1. The number of alkyl carbamates (subject to hydrolysis) is 1. The molecule has 2 heterocycles. The van der Waals surface area contributed by atoms with E-state index < -0.39 is 71.1 Å². The van der Waals surface area contributed by atoms with E-state index in [4.69, 9.17) is 21.1 Å². The SMILES string of the molecule is CCC[C@H](NC(=O)[C@@H]1C[C@@H](Oc2ccc(Cl)cn2)CN1C(=O)[C@@H](CC(=O)[C@@H](NC(=O)OC(C)(C)C)C1CCCCC1)C(C)(C)C)C(O)C(=O)NC1CC1. The highest BCUT2D eigenvalue weighted by atomic mass is 35.5. The van der Waals surface area contributed by atoms with Gasteiger partial charge in [-0.1, -0.05) is 65.0 Å². The predicted octanol–water partition coefficient (Wildman–Crippen LogP) is 5.10. The van der Waals surface area contributed by atoms with Crippen LogP contribution in [0.25, 0.3) is 0 Å². The maximum Gasteiger partial charge on any atom is 0.408 e. The van der Waals surface area contributed by atoms with Gasteiger partial charge in [0.15, 0.2) is 11.9 Å². The molecule has 0 bridgehead atoms. The molecule has 1 aromatic rings. The number of carbonyl (C=O) groups is 5. The third-order valence-electron chi connectivity index (χ3n) is 10.2. The van der Waals surface area contributed by atoms with Gasteiger partial charge in [-0.15, -0.1) is 0 Å². The van der Waals surface area contributed by atoms with Crippen LogP contribution >= 0.6 is 11.6 Å². The van der Waals surface area contributed by atoms with Crippen LogP contribution in [0.15, 0.2) is 18.3 Å². The zero-order valence-corrected chi connectivity index (χ0v) is 33.2. The lowest BCUT2D eigenvalue weighted by molar-refractivity contribution is -0.147. The number of likely N-dealkylation sites (tertiary alicyclic amines) is 1. The molecule has 1 aromatic heterocycles. The molecule has 0 aromatic carbocycles. The van der Waals surface area contributed by atoms with Crippen LogP contribution in [0.5, 0.6) is 5.88 Å². The fourth-order valence-corrected chi connectivity index (χ4v) is 7.34. The van der Waals surface area contributed by atoms with Gasteiger partial charge < -0.3 is 35.4 Å². The molecule has 13 nitrogen and oxygen atoms in total. The van der Waals surface area contributed by atoms with Crippen molar-refractivity contribution in [1.29, 1.82) is 0 Å². The van der Waals surface area contributed by atoms with Gasteiger partial charge >= 0.3 is 6.09 Å². The van der Waals surface area contributed by atoms with E-state index in [1.807, 2.05) is 27.7 Å². The van der Waals surface area contributed by atoms with Crippen LogP contribution in [-0.2, 0) is 23.9 Å². The molecule has 2 aliphatic carbocycles. The smallest absolute Gasteiger partial charge is 0.408 e. The second-order valence-electron chi connectivity index (χ2n) is 17.0. The first kappa shape index (κ1) is 42.3. The average Bonchev–Trinajstić information content (AvgIpc) is 3.80. The summed E-state index contributed by atoms with van der Waals surface area (Å²) in [7, 11) is 0. The van der Waals surface area contributed by atoms with Gasteiger partial charge in [0.2, 0.25) is 17.7 Å². The zero-order chi connectivity index (χ0) is 39.1. The molecule has 2 saturated carbocycles. The van der Waals surface area contributed by atoms with E-state index >= 15 is 0 Å². The first-order valence-electron chi connectivity index (χ1n) is 19.3. The molecular formula is C39H60ClN5O8. The fraction of sp³-hybridized carbons (Fsp3) is 0.744. The van der Waals surface area contributed by atoms with Crippen molar-refractivity contribution in [2.24, 2.45) is 17.3 Å². The number of aliphatic hydroxyl groups excluding tert-OH is 1. The van der Waals surface area contributed by atoms with Crippen LogP contribution in [0, 0.1) is 17.3 Å². The van der Waals surface area contributed by atoms with Gasteiger partial charge in [-0.25, -0.2) is 9.78 Å². The van der Waals surface area contributed by atoms with Crippen LogP contribution in [0.2, 0.25) is 5.02 Å². The summed E-state index contributed by atoms with van der Waals surface area (Å²) in [6.07, 6.45) is 5.73. The van der Waals surface area contributed by atoms with Crippen LogP contribution in [0.1, 0.15) is 119 Å². The molecule has 296 valence electrons. The monoisotopic (exact) mass is 761 g/mol. The Hall–Kier alpha value is -3.45. The summed E-state index contributed by atoms with van der Waals surface area (Å²) in [5.41, 5.74) is -1.47. The molecule has 14 heteroatoms. The molecule has 4 N–H and O–H groups in total. The summed E-state index contributed by atoms with van der Waals surface area (Å²) in [5.74, 6) is -2.41. The molecule has 1 unspecified atom stereocenters. The van der Waals surface area contributed by atoms with Crippen molar-refractivity contribution in [2.45, 2.75) is 161 Å². The molecule has 3 fully saturated rings. The fourth-order valence-electron chi connectivity index (χ4n) is 7.23. The molecule has 0 spiro atoms. The van der Waals surface area contributed by atoms with Crippen molar-refractivity contribution in [3.8, 4) is 5.88 Å². The minimum atomic E-state index is -1.47. The number of halogens is 1. The van der Waals surface area contributed by atoms with Gasteiger partial charge in [0.05, 0.1) is 23.7 Å². The van der Waals surface area contributed by atoms with Crippen molar-refractivity contribution in [2.75, 3.05) is 6.54 Å². The van der Waals surface area contributed by atoms with Crippen LogP contribution in [0.4, 0.5) is 4.79 Å². The molecule has 1 saturated heterocycles. The molecule has 4 rings (SSSR count). The number of pyridine rings is 1. The lowest BCUT2D eigenvalue weighted by Gasteiger charge is -2.37. The Morgan fingerprint density at radius 2 is 1.68 bits per heavy atom. The third-order valence-corrected chi connectivity index (χ3v) is 10.4. The number of aliphatic hydroxyl groups is 1. The number of hydrogen-bond acceptors (Lipinski definition) is 9. The minimum Gasteiger partial charge on any atom is -0.472 e. The quantitative estimate of drug-likeness (QED) is 0.189. The lowest BCUT2D eigenvalue weighted by atomic mass is 9.74. The van der Waals surface area contributed by atoms with E-state index in [1.54, 1.807) is 32.9 Å². The van der Waals surface area contributed by atoms with Crippen LogP contribution < -0.4 is 20.7 Å². The average molecular weight is 762 g/mol. The van der Waals surface area contributed by atoms with Gasteiger partial charge in [0.25, 0.3) is 5.91 Å². The Labute approximate surface area is 319 Å². The maximum absolute atomic E-state index is 14.8. The normalized spacial score (nSPS) is 21.9. The molecule has 4 amide bonds. The number of aromatic nitrogens is 1. The van der Waals surface area contributed by atoms with Crippen molar-refractivity contribution in [1.82, 2.24) is 25.8 Å². The minimum absolute atomic E-state index is 0.0338. The van der Waals surface area contributed by atoms with E-state index in [0.29, 0.717) is 17.9 Å². The number of carbonyl (C=O) groups excluding carboxylic acids is 5. The second-order valence-corrected chi connectivity index (χ2v) is 17.5. The van der Waals surface area contributed by atoms with E-state index in [-0.39, 0.29) is 43.0 Å². The van der Waals surface area contributed by atoms with E-state index in [1.165, 1.54) is 11.1 Å². The summed E-state index contributed by atoms with van der Waals surface area (Å²) in [6.45, 7) is 12.8. The topological polar surface area (TPSA) is 176 Å². The van der Waals surface area contributed by atoms with Gasteiger partial charge in [-0.3, -0.25) is 19.2 Å². The Balaban J connectivity index is 1.60. The number of amides is 4. The van der Waals surface area contributed by atoms with Crippen LogP contribution in [0.3, 0.4) is 0 Å². The second kappa shape index (κ2) is 18.3. The lowest BCUT2D eigenvalue weighted by Crippen LogP contribution is -2.56. The first-order chi connectivity index (χ1) is 24.9. The summed E-state index contributed by atoms with van der Waals surface area (Å²) >= 11 is 6.03. The Morgan fingerprint density at radius 3 is 2.25 bits per heavy atom. The summed E-state index contributed by atoms with van der Waals surface area (Å²) < 4.78 is 11.7. The molecule has 53 heavy (non-hydrogen) atoms. The molecule has 0 radical (unpaired) electrons. The number of nitrogens with one attached hydrogen (secondary N) is 3. The summed E-state index contributed by atoms with van der Waals surface area (Å²) in [5, 5.41) is 19.9. The highest BCUT2D eigenvalue weighted by Crippen LogP contribution is 2.36. The molecule has 1 aliphatic heterocycles. The van der Waals surface area contributed by atoms with E-state index in [0.717, 1.165) is 44.9 Å². The van der Waals surface area contributed by atoms with Gasteiger partial charge in [-0.2, -0.15) is 0 Å². The third kappa shape index (κ3) is 12.6. The van der Waals surface area contributed by atoms with Crippen molar-refractivity contribution in [3.05, 3.63) is 23.4 Å². The number of ketones is 1. The van der Waals surface area contributed by atoms with E-state index in [2.05, 4.69) is 20.9 Å². The van der Waals surface area contributed by atoms with Gasteiger partial charge in [-0.05, 0) is 70.3 Å². The Morgan fingerprint density at radius 1 is 1.00 bits per heavy atom. The Kier molecular flexibility index (Phi) is 14.6. The standard InChI is InChI=1S/C39H60ClN5O8/c1-8-12-28(33(47)35(49)42-25-16-17-25)43-34(48)29-19-26(52-31-18-15-24(40)21-41-31)22-45(29)36(50)27(38(2,3)4)20-30(46)32(23-13-10-9-11-14-23)44-37(51)53-39(5,6)7/h15,18,21,23,25-29,32-33,47H,8-14,16-17,19-20,22H2,1-7H3,(H,42,49)(H,43,48)(H,44,51)/t26-,27-,28+,29+,32+,33?/m1/s1. The zero-order valence-electron chi connectivity index (χ0n) is 32.4.